The van der Waals surface area contributed by atoms with Crippen LogP contribution in [0.4, 0.5) is 4.79 Å². The molecule has 1 N–H and O–H groups in total. The molecule has 3 aliphatic rings. The number of nitrogens with one attached hydrogen (secondary N) is 1. The van der Waals surface area contributed by atoms with Crippen molar-refractivity contribution in [2.75, 3.05) is 18.1 Å². The summed E-state index contributed by atoms with van der Waals surface area (Å²) in [6.45, 7) is 3.29. The quantitative estimate of drug-likeness (QED) is 0.547. The highest BCUT2D eigenvalue weighted by Gasteiger charge is 2.54. The molecule has 2 atom stereocenters. The highest BCUT2D eigenvalue weighted by atomic mass is 32.2. The molecule has 5 rings (SSSR count). The summed E-state index contributed by atoms with van der Waals surface area (Å²) in [6.07, 6.45) is 2.64. The molecule has 174 valence electrons. The Labute approximate surface area is 192 Å². The fourth-order valence-corrected chi connectivity index (χ4v) is 7.48. The molecule has 3 amide bonds. The van der Waals surface area contributed by atoms with Gasteiger partial charge in [0.15, 0.2) is 15.6 Å². The fourth-order valence-electron chi connectivity index (χ4n) is 5.78. The van der Waals surface area contributed by atoms with Crippen molar-refractivity contribution in [1.29, 1.82) is 0 Å². The monoisotopic (exact) mass is 469 g/mol. The molecule has 2 aliphatic heterocycles. The van der Waals surface area contributed by atoms with Crippen LogP contribution in [0.5, 0.6) is 0 Å². The highest BCUT2D eigenvalue weighted by Crippen LogP contribution is 2.40. The summed E-state index contributed by atoms with van der Waals surface area (Å²) in [5, 5.41) is 2.88. The van der Waals surface area contributed by atoms with Gasteiger partial charge < -0.3 is 9.88 Å². The van der Waals surface area contributed by atoms with Gasteiger partial charge in [-0.2, -0.15) is 0 Å². The van der Waals surface area contributed by atoms with E-state index in [9.17, 15) is 22.8 Å². The third kappa shape index (κ3) is 3.40. The summed E-state index contributed by atoms with van der Waals surface area (Å²) < 4.78 is 25.8. The Balaban J connectivity index is 1.41. The molecule has 1 aromatic carbocycles. The Bertz CT molecular complexity index is 1300. The Morgan fingerprint density at radius 2 is 1.97 bits per heavy atom. The first-order valence-corrected chi connectivity index (χ1v) is 13.1. The number of urea groups is 1. The van der Waals surface area contributed by atoms with Crippen LogP contribution in [0.25, 0.3) is 0 Å². The van der Waals surface area contributed by atoms with E-state index in [4.69, 9.17) is 0 Å². The number of aryl methyl sites for hydroxylation is 2. The van der Waals surface area contributed by atoms with E-state index in [1.54, 1.807) is 13.0 Å². The standard InChI is InChI=1S/C24H27N3O5S/c1-15-12-19(16(2)27(15)18-9-11-33(31,32)14-18)21(28)13-26-22(29)24(25-23(26)30)10-5-7-17-6-3-4-8-20(17)24/h3-4,6,8,12,18H,5,7,9-11,13-14H2,1-2H3,(H,25,30). The van der Waals surface area contributed by atoms with Gasteiger partial charge >= 0.3 is 6.03 Å². The van der Waals surface area contributed by atoms with E-state index in [1.807, 2.05) is 35.8 Å². The SMILES string of the molecule is Cc1cc(C(=O)CN2C(=O)NC3(CCCc4ccccc43)C2=O)c(C)n1C1CCS(=O)(=O)C1. The average molecular weight is 470 g/mol. The first-order valence-electron chi connectivity index (χ1n) is 11.3. The zero-order valence-electron chi connectivity index (χ0n) is 18.8. The van der Waals surface area contributed by atoms with Crippen molar-refractivity contribution in [2.24, 2.45) is 0 Å². The number of aromatic nitrogens is 1. The van der Waals surface area contributed by atoms with Gasteiger partial charge in [0.25, 0.3) is 5.91 Å². The molecular weight excluding hydrogens is 442 g/mol. The summed E-state index contributed by atoms with van der Waals surface area (Å²) >= 11 is 0. The number of carbonyl (C=O) groups is 3. The zero-order valence-corrected chi connectivity index (χ0v) is 19.6. The van der Waals surface area contributed by atoms with Crippen molar-refractivity contribution in [3.8, 4) is 0 Å². The molecule has 0 bridgehead atoms. The van der Waals surface area contributed by atoms with E-state index in [0.29, 0.717) is 24.1 Å². The smallest absolute Gasteiger partial charge is 0.325 e. The van der Waals surface area contributed by atoms with Crippen LogP contribution in [-0.4, -0.2) is 53.7 Å². The van der Waals surface area contributed by atoms with Crippen LogP contribution in [-0.2, 0) is 26.6 Å². The molecule has 3 heterocycles. The summed E-state index contributed by atoms with van der Waals surface area (Å²) in [5.74, 6) is -0.515. The third-order valence-corrected chi connectivity index (χ3v) is 9.06. The number of rotatable bonds is 4. The van der Waals surface area contributed by atoms with Crippen LogP contribution in [0.3, 0.4) is 0 Å². The molecule has 2 saturated heterocycles. The number of amides is 3. The third-order valence-electron chi connectivity index (χ3n) is 7.31. The molecule has 2 aromatic rings. The molecule has 0 radical (unpaired) electrons. The van der Waals surface area contributed by atoms with Gasteiger partial charge in [-0.25, -0.2) is 13.2 Å². The van der Waals surface area contributed by atoms with Gasteiger partial charge in [-0.15, -0.1) is 0 Å². The van der Waals surface area contributed by atoms with Gasteiger partial charge in [-0.3, -0.25) is 14.5 Å². The Morgan fingerprint density at radius 3 is 2.70 bits per heavy atom. The highest BCUT2D eigenvalue weighted by molar-refractivity contribution is 7.91. The van der Waals surface area contributed by atoms with Gasteiger partial charge in [-0.1, -0.05) is 24.3 Å². The number of nitrogens with zero attached hydrogens (tertiary/aromatic N) is 2. The molecule has 2 fully saturated rings. The lowest BCUT2D eigenvalue weighted by molar-refractivity contribution is -0.131. The maximum Gasteiger partial charge on any atom is 0.325 e. The zero-order chi connectivity index (χ0) is 23.5. The van der Waals surface area contributed by atoms with Crippen LogP contribution in [0.2, 0.25) is 0 Å². The van der Waals surface area contributed by atoms with Gasteiger partial charge in [0.2, 0.25) is 0 Å². The van der Waals surface area contributed by atoms with Gasteiger partial charge in [0.1, 0.15) is 5.54 Å². The normalized spacial score (nSPS) is 26.0. The number of Topliss-reactive ketones (excluding diaryl/α,β-unsaturated/α-hetero) is 1. The maximum absolute atomic E-state index is 13.5. The predicted molar refractivity (Wildman–Crippen MR) is 122 cm³/mol. The number of hydrogen-bond donors (Lipinski definition) is 1. The van der Waals surface area contributed by atoms with E-state index in [1.165, 1.54) is 0 Å². The topological polar surface area (TPSA) is 106 Å². The molecule has 1 spiro atoms. The first kappa shape index (κ1) is 21.9. The fraction of sp³-hybridized carbons (Fsp3) is 0.458. The van der Waals surface area contributed by atoms with Gasteiger partial charge in [-0.05, 0) is 56.7 Å². The number of carbonyl (C=O) groups excluding carboxylic acids is 3. The number of ketones is 1. The number of hydrogen-bond acceptors (Lipinski definition) is 5. The largest absolute Gasteiger partial charge is 0.344 e. The van der Waals surface area contributed by atoms with Crippen molar-refractivity contribution in [3.05, 3.63) is 58.4 Å². The number of sulfone groups is 1. The summed E-state index contributed by atoms with van der Waals surface area (Å²) in [6, 6.07) is 8.61. The van der Waals surface area contributed by atoms with Gasteiger partial charge in [0.05, 0.1) is 18.1 Å². The van der Waals surface area contributed by atoms with Crippen molar-refractivity contribution in [2.45, 2.75) is 51.1 Å². The summed E-state index contributed by atoms with van der Waals surface area (Å²) in [7, 11) is -3.07. The minimum absolute atomic E-state index is 0.0614. The second-order valence-corrected chi connectivity index (χ2v) is 11.6. The minimum atomic E-state index is -3.07. The van der Waals surface area contributed by atoms with Crippen LogP contribution in [0.15, 0.2) is 30.3 Å². The lowest BCUT2D eigenvalue weighted by Gasteiger charge is -2.33. The molecule has 2 unspecified atom stereocenters. The van der Waals surface area contributed by atoms with E-state index in [2.05, 4.69) is 5.32 Å². The average Bonchev–Trinajstić information content (AvgIpc) is 3.35. The van der Waals surface area contributed by atoms with E-state index >= 15 is 0 Å². The number of imide groups is 1. The molecule has 1 aliphatic carbocycles. The molecule has 33 heavy (non-hydrogen) atoms. The number of fused-ring (bicyclic) bond motifs is 2. The Kier molecular flexibility index (Phi) is 5.00. The molecule has 9 heteroatoms. The van der Waals surface area contributed by atoms with Crippen LogP contribution in [0.1, 0.15) is 58.2 Å². The molecular formula is C24H27N3O5S. The van der Waals surface area contributed by atoms with Crippen molar-refractivity contribution in [1.82, 2.24) is 14.8 Å². The van der Waals surface area contributed by atoms with E-state index in [-0.39, 0.29) is 35.8 Å². The lowest BCUT2D eigenvalue weighted by atomic mass is 9.76. The van der Waals surface area contributed by atoms with Crippen LogP contribution < -0.4 is 5.32 Å². The summed E-state index contributed by atoms with van der Waals surface area (Å²) in [4.78, 5) is 40.6. The Hall–Kier alpha value is -2.94. The van der Waals surface area contributed by atoms with Gasteiger partial charge in [0, 0.05) is 23.0 Å². The maximum atomic E-state index is 13.5. The van der Waals surface area contributed by atoms with E-state index in [0.717, 1.165) is 34.6 Å². The van der Waals surface area contributed by atoms with Crippen molar-refractivity contribution < 1.29 is 22.8 Å². The van der Waals surface area contributed by atoms with E-state index < -0.39 is 21.4 Å². The van der Waals surface area contributed by atoms with Crippen LogP contribution in [0, 0.1) is 13.8 Å². The minimum Gasteiger partial charge on any atom is -0.344 e. The van der Waals surface area contributed by atoms with Crippen molar-refractivity contribution in [3.63, 3.8) is 0 Å². The second kappa shape index (κ2) is 7.55. The summed E-state index contributed by atoms with van der Waals surface area (Å²) in [5.41, 5.74) is 2.63. The first-order chi connectivity index (χ1) is 15.6. The van der Waals surface area contributed by atoms with Crippen LogP contribution >= 0.6 is 0 Å². The molecule has 8 nitrogen and oxygen atoms in total. The predicted octanol–water partition coefficient (Wildman–Crippen LogP) is 2.43. The lowest BCUT2D eigenvalue weighted by Crippen LogP contribution is -2.46. The van der Waals surface area contributed by atoms with Crippen molar-refractivity contribution >= 4 is 27.6 Å². The molecule has 1 aromatic heterocycles. The Morgan fingerprint density at radius 1 is 1.21 bits per heavy atom. The molecule has 0 saturated carbocycles. The second-order valence-electron chi connectivity index (χ2n) is 9.37. The number of benzene rings is 1.